The first kappa shape index (κ1) is 14.5. The first-order valence-electron chi connectivity index (χ1n) is 6.33. The fourth-order valence-electron chi connectivity index (χ4n) is 1.87. The molecular weight excluding hydrogens is 228 g/mol. The van der Waals surface area contributed by atoms with Gasteiger partial charge in [-0.2, -0.15) is 0 Å². The van der Waals surface area contributed by atoms with Gasteiger partial charge in [0.2, 0.25) is 0 Å². The van der Waals surface area contributed by atoms with Crippen LogP contribution >= 0.6 is 0 Å². The van der Waals surface area contributed by atoms with E-state index in [9.17, 15) is 4.79 Å². The molecule has 0 spiro atoms. The molecular formula is C14H22N2O2. The number of aliphatic hydroxyl groups is 1. The van der Waals surface area contributed by atoms with Crippen molar-refractivity contribution in [3.8, 4) is 0 Å². The number of nitrogens with one attached hydrogen (secondary N) is 1. The van der Waals surface area contributed by atoms with Crippen LogP contribution in [0.3, 0.4) is 0 Å². The average molecular weight is 250 g/mol. The molecule has 4 N–H and O–H groups in total. The van der Waals surface area contributed by atoms with Crippen molar-refractivity contribution >= 4 is 17.2 Å². The Labute approximate surface area is 108 Å². The normalized spacial score (nSPS) is 12.2. The smallest absolute Gasteiger partial charge is 0.161 e. The second-order valence-electron chi connectivity index (χ2n) is 4.53. The maximum absolute atomic E-state index is 11.4. The van der Waals surface area contributed by atoms with Gasteiger partial charge >= 0.3 is 0 Å². The third kappa shape index (κ3) is 4.04. The number of carbonyl (C=O) groups is 1. The largest absolute Gasteiger partial charge is 0.398 e. The molecule has 0 aliphatic rings. The summed E-state index contributed by atoms with van der Waals surface area (Å²) in [5.41, 5.74) is 7.69. The number of Topliss-reactive ketones (excluding diaryl/α,β-unsaturated/α-hetero) is 1. The topological polar surface area (TPSA) is 75.3 Å². The second-order valence-corrected chi connectivity index (χ2v) is 4.53. The van der Waals surface area contributed by atoms with Gasteiger partial charge in [-0.1, -0.05) is 13.3 Å². The lowest BCUT2D eigenvalue weighted by molar-refractivity contribution is 0.101. The minimum atomic E-state index is -0.0291. The molecule has 100 valence electrons. The summed E-state index contributed by atoms with van der Waals surface area (Å²) in [4.78, 5) is 11.4. The number of nitrogens with two attached hydrogens (primary N) is 1. The zero-order chi connectivity index (χ0) is 13.5. The lowest BCUT2D eigenvalue weighted by Crippen LogP contribution is -2.15. The molecule has 1 aromatic rings. The van der Waals surface area contributed by atoms with E-state index in [0.29, 0.717) is 17.2 Å². The van der Waals surface area contributed by atoms with Crippen molar-refractivity contribution in [1.82, 2.24) is 0 Å². The molecule has 0 heterocycles. The van der Waals surface area contributed by atoms with E-state index in [1.54, 1.807) is 12.1 Å². The Kier molecular flexibility index (Phi) is 5.65. The molecule has 0 bridgehead atoms. The molecule has 0 aliphatic carbocycles. The van der Waals surface area contributed by atoms with Crippen molar-refractivity contribution in [1.29, 1.82) is 0 Å². The Hall–Kier alpha value is -1.55. The molecule has 1 rings (SSSR count). The van der Waals surface area contributed by atoms with E-state index in [4.69, 9.17) is 10.8 Å². The van der Waals surface area contributed by atoms with Crippen molar-refractivity contribution in [2.75, 3.05) is 24.2 Å². The molecule has 0 aliphatic heterocycles. The number of anilines is 2. The summed E-state index contributed by atoms with van der Waals surface area (Å²) in [5.74, 6) is 0.409. The Morgan fingerprint density at radius 3 is 2.78 bits per heavy atom. The SMILES string of the molecule is CCC(CCO)CNc1ccc(N)c(C(C)=O)c1. The van der Waals surface area contributed by atoms with Gasteiger partial charge in [0.25, 0.3) is 0 Å². The highest BCUT2D eigenvalue weighted by Gasteiger charge is 2.08. The lowest BCUT2D eigenvalue weighted by atomic mass is 10.0. The highest BCUT2D eigenvalue weighted by Crippen LogP contribution is 2.19. The molecule has 4 nitrogen and oxygen atoms in total. The fourth-order valence-corrected chi connectivity index (χ4v) is 1.87. The standard InChI is InChI=1S/C14H22N2O2/c1-3-11(6-7-17)9-16-12-4-5-14(15)13(8-12)10(2)18/h4-5,8,11,16-17H,3,6-7,9,15H2,1-2H3. The maximum atomic E-state index is 11.4. The number of rotatable bonds is 7. The van der Waals surface area contributed by atoms with Gasteiger partial charge < -0.3 is 16.2 Å². The third-order valence-corrected chi connectivity index (χ3v) is 3.14. The van der Waals surface area contributed by atoms with Crippen LogP contribution in [0.1, 0.15) is 37.0 Å². The number of aliphatic hydroxyl groups excluding tert-OH is 1. The van der Waals surface area contributed by atoms with E-state index in [1.165, 1.54) is 6.92 Å². The summed E-state index contributed by atoms with van der Waals surface area (Å²) < 4.78 is 0. The number of hydrogen-bond donors (Lipinski definition) is 3. The van der Waals surface area contributed by atoms with Gasteiger partial charge in [0.05, 0.1) is 0 Å². The molecule has 0 aromatic heterocycles. The van der Waals surface area contributed by atoms with E-state index in [0.717, 1.165) is 25.1 Å². The maximum Gasteiger partial charge on any atom is 0.161 e. The van der Waals surface area contributed by atoms with E-state index in [2.05, 4.69) is 12.2 Å². The van der Waals surface area contributed by atoms with Crippen LogP contribution in [-0.4, -0.2) is 24.0 Å². The van der Waals surface area contributed by atoms with E-state index in [-0.39, 0.29) is 12.4 Å². The predicted octanol–water partition coefficient (Wildman–Crippen LogP) is 2.29. The van der Waals surface area contributed by atoms with Crippen LogP contribution in [-0.2, 0) is 0 Å². The van der Waals surface area contributed by atoms with Crippen LogP contribution in [0.25, 0.3) is 0 Å². The molecule has 0 saturated heterocycles. The van der Waals surface area contributed by atoms with Gasteiger partial charge in [0.15, 0.2) is 5.78 Å². The van der Waals surface area contributed by atoms with Crippen LogP contribution in [0.15, 0.2) is 18.2 Å². The van der Waals surface area contributed by atoms with Crippen LogP contribution in [0.4, 0.5) is 11.4 Å². The average Bonchev–Trinajstić information content (AvgIpc) is 2.35. The Bertz CT molecular complexity index is 405. The minimum absolute atomic E-state index is 0.0291. The first-order valence-corrected chi connectivity index (χ1v) is 6.33. The molecule has 0 saturated carbocycles. The summed E-state index contributed by atoms with van der Waals surface area (Å²) in [6.45, 7) is 4.61. The molecule has 4 heteroatoms. The van der Waals surface area contributed by atoms with Crippen LogP contribution in [0, 0.1) is 5.92 Å². The van der Waals surface area contributed by atoms with Gasteiger partial charge in [0, 0.05) is 30.1 Å². The summed E-state index contributed by atoms with van der Waals surface area (Å²) in [7, 11) is 0. The predicted molar refractivity (Wildman–Crippen MR) is 74.8 cm³/mol. The molecule has 0 amide bonds. The van der Waals surface area contributed by atoms with Crippen LogP contribution in [0.2, 0.25) is 0 Å². The van der Waals surface area contributed by atoms with Crippen molar-refractivity contribution in [2.45, 2.75) is 26.7 Å². The zero-order valence-electron chi connectivity index (χ0n) is 11.1. The summed E-state index contributed by atoms with van der Waals surface area (Å²) in [6.07, 6.45) is 1.81. The Morgan fingerprint density at radius 1 is 1.50 bits per heavy atom. The number of hydrogen-bond acceptors (Lipinski definition) is 4. The number of benzene rings is 1. The first-order chi connectivity index (χ1) is 8.58. The number of carbonyl (C=O) groups excluding carboxylic acids is 1. The minimum Gasteiger partial charge on any atom is -0.398 e. The van der Waals surface area contributed by atoms with Gasteiger partial charge in [-0.25, -0.2) is 0 Å². The van der Waals surface area contributed by atoms with Gasteiger partial charge in [-0.3, -0.25) is 4.79 Å². The van der Waals surface area contributed by atoms with Gasteiger partial charge in [0.1, 0.15) is 0 Å². The number of nitrogen functional groups attached to an aromatic ring is 1. The zero-order valence-corrected chi connectivity index (χ0v) is 11.1. The second kappa shape index (κ2) is 7.01. The molecule has 1 aromatic carbocycles. The molecule has 0 radical (unpaired) electrons. The lowest BCUT2D eigenvalue weighted by Gasteiger charge is -2.16. The van der Waals surface area contributed by atoms with Crippen LogP contribution in [0.5, 0.6) is 0 Å². The van der Waals surface area contributed by atoms with Crippen molar-refractivity contribution < 1.29 is 9.90 Å². The summed E-state index contributed by atoms with van der Waals surface area (Å²) in [5, 5.41) is 12.2. The number of ketones is 1. The molecule has 0 fully saturated rings. The van der Waals surface area contributed by atoms with Crippen molar-refractivity contribution in [3.63, 3.8) is 0 Å². The van der Waals surface area contributed by atoms with Crippen LogP contribution < -0.4 is 11.1 Å². The van der Waals surface area contributed by atoms with Crippen molar-refractivity contribution in [3.05, 3.63) is 23.8 Å². The highest BCUT2D eigenvalue weighted by atomic mass is 16.3. The van der Waals surface area contributed by atoms with Gasteiger partial charge in [-0.05, 0) is 37.5 Å². The molecule has 1 unspecified atom stereocenters. The quantitative estimate of drug-likeness (QED) is 0.512. The van der Waals surface area contributed by atoms with Crippen molar-refractivity contribution in [2.24, 2.45) is 5.92 Å². The van der Waals surface area contributed by atoms with E-state index >= 15 is 0 Å². The van der Waals surface area contributed by atoms with E-state index in [1.807, 2.05) is 6.07 Å². The molecule has 18 heavy (non-hydrogen) atoms. The highest BCUT2D eigenvalue weighted by molar-refractivity contribution is 5.99. The fraction of sp³-hybridized carbons (Fsp3) is 0.500. The third-order valence-electron chi connectivity index (χ3n) is 3.14. The Morgan fingerprint density at radius 2 is 2.22 bits per heavy atom. The van der Waals surface area contributed by atoms with E-state index < -0.39 is 0 Å². The summed E-state index contributed by atoms with van der Waals surface area (Å²) in [6, 6.07) is 5.39. The van der Waals surface area contributed by atoms with Gasteiger partial charge in [-0.15, -0.1) is 0 Å². The Balaban J connectivity index is 2.67. The summed E-state index contributed by atoms with van der Waals surface area (Å²) >= 11 is 0. The molecule has 1 atom stereocenters. The monoisotopic (exact) mass is 250 g/mol.